The zero-order valence-corrected chi connectivity index (χ0v) is 18.6. The summed E-state index contributed by atoms with van der Waals surface area (Å²) in [6.45, 7) is 8.58. The van der Waals surface area contributed by atoms with Crippen molar-refractivity contribution in [3.63, 3.8) is 0 Å². The zero-order chi connectivity index (χ0) is 20.5. The Kier molecular flexibility index (Phi) is 6.13. The fourth-order valence-corrected chi connectivity index (χ4v) is 4.35. The summed E-state index contributed by atoms with van der Waals surface area (Å²) in [4.78, 5) is 26.1. The van der Waals surface area contributed by atoms with Crippen molar-refractivity contribution in [1.29, 1.82) is 0 Å². The zero-order valence-electron chi connectivity index (χ0n) is 17.0. The number of unbranched alkanes of at least 4 members (excludes halogenated alkanes) is 1. The summed E-state index contributed by atoms with van der Waals surface area (Å²) in [7, 11) is 0. The minimum atomic E-state index is -0.387. The van der Waals surface area contributed by atoms with Gasteiger partial charge in [-0.05, 0) is 42.9 Å². The van der Waals surface area contributed by atoms with Crippen LogP contribution < -0.4 is 5.32 Å². The quantitative estimate of drug-likeness (QED) is 0.486. The summed E-state index contributed by atoms with van der Waals surface area (Å²) in [6, 6.07) is 7.85. The molecule has 1 aromatic carbocycles. The van der Waals surface area contributed by atoms with Crippen molar-refractivity contribution in [3.05, 3.63) is 56.8 Å². The normalized spacial score (nSPS) is 21.3. The van der Waals surface area contributed by atoms with E-state index in [0.717, 1.165) is 46.3 Å². The molecular weight excluding hydrogens is 418 g/mol. The van der Waals surface area contributed by atoms with Gasteiger partial charge in [-0.15, -0.1) is 0 Å². The molecule has 4 nitrogen and oxygen atoms in total. The lowest BCUT2D eigenvalue weighted by Gasteiger charge is -2.39. The third kappa shape index (κ3) is 4.24. The highest BCUT2D eigenvalue weighted by atomic mass is 79.9. The maximum absolute atomic E-state index is 13.1. The first-order valence-electron chi connectivity index (χ1n) is 9.90. The SMILES string of the molecule is CCCCOC(=O)C1=C(C)NC2=C(C(=O)CC(C)(C)C2)[C@@H]1c1ccc(Br)cc1. The van der Waals surface area contributed by atoms with E-state index >= 15 is 0 Å². The van der Waals surface area contributed by atoms with Crippen LogP contribution in [-0.4, -0.2) is 18.4 Å². The van der Waals surface area contributed by atoms with E-state index in [1.807, 2.05) is 31.2 Å². The Labute approximate surface area is 175 Å². The highest BCUT2D eigenvalue weighted by Crippen LogP contribution is 2.46. The number of halogens is 1. The molecule has 1 aromatic rings. The van der Waals surface area contributed by atoms with Crippen LogP contribution in [0.4, 0.5) is 0 Å². The summed E-state index contributed by atoms with van der Waals surface area (Å²) < 4.78 is 6.51. The molecule has 0 bridgehead atoms. The van der Waals surface area contributed by atoms with E-state index in [1.165, 1.54) is 0 Å². The third-order valence-electron chi connectivity index (χ3n) is 5.39. The predicted molar refractivity (Wildman–Crippen MR) is 114 cm³/mol. The Balaban J connectivity index is 2.07. The molecule has 0 aromatic heterocycles. The lowest BCUT2D eigenvalue weighted by molar-refractivity contribution is -0.139. The molecule has 0 saturated carbocycles. The fourth-order valence-electron chi connectivity index (χ4n) is 4.08. The summed E-state index contributed by atoms with van der Waals surface area (Å²) in [5.74, 6) is -0.615. The van der Waals surface area contributed by atoms with E-state index < -0.39 is 0 Å². The van der Waals surface area contributed by atoms with Gasteiger partial charge in [0.1, 0.15) is 0 Å². The molecule has 0 radical (unpaired) electrons. The van der Waals surface area contributed by atoms with Crippen LogP contribution in [0.1, 0.15) is 64.9 Å². The van der Waals surface area contributed by atoms with E-state index in [-0.39, 0.29) is 23.1 Å². The molecule has 3 rings (SSSR count). The second-order valence-electron chi connectivity index (χ2n) is 8.47. The van der Waals surface area contributed by atoms with E-state index in [2.05, 4.69) is 42.0 Å². The summed E-state index contributed by atoms with van der Waals surface area (Å²) >= 11 is 3.47. The van der Waals surface area contributed by atoms with Crippen molar-refractivity contribution >= 4 is 27.7 Å². The molecule has 0 spiro atoms. The van der Waals surface area contributed by atoms with E-state index in [4.69, 9.17) is 4.74 Å². The second kappa shape index (κ2) is 8.24. The molecule has 1 N–H and O–H groups in total. The lowest BCUT2D eigenvalue weighted by atomic mass is 9.68. The fraction of sp³-hybridized carbons (Fsp3) is 0.478. The first kappa shape index (κ1) is 20.8. The number of nitrogens with one attached hydrogen (secondary N) is 1. The smallest absolute Gasteiger partial charge is 0.336 e. The first-order valence-corrected chi connectivity index (χ1v) is 10.7. The molecule has 1 aliphatic heterocycles. The molecule has 0 fully saturated rings. The summed E-state index contributed by atoms with van der Waals surface area (Å²) in [5, 5.41) is 3.37. The number of esters is 1. The largest absolute Gasteiger partial charge is 0.462 e. The van der Waals surface area contributed by atoms with Crippen LogP contribution >= 0.6 is 15.9 Å². The summed E-state index contributed by atoms with van der Waals surface area (Å²) in [5.41, 5.74) is 3.83. The van der Waals surface area contributed by atoms with Crippen molar-refractivity contribution in [2.24, 2.45) is 5.41 Å². The number of rotatable bonds is 5. The van der Waals surface area contributed by atoms with E-state index in [1.54, 1.807) is 0 Å². The predicted octanol–water partition coefficient (Wildman–Crippen LogP) is 5.40. The standard InChI is InChI=1S/C23H28BrNO3/c1-5-6-11-28-22(27)19-14(2)25-17-12-23(3,4)13-18(26)21(17)20(19)15-7-9-16(24)10-8-15/h7-10,20,25H,5-6,11-13H2,1-4H3/t20-/m1/s1. The van der Waals surface area contributed by atoms with E-state index in [9.17, 15) is 9.59 Å². The molecule has 1 aliphatic carbocycles. The van der Waals surface area contributed by atoms with Gasteiger partial charge in [-0.3, -0.25) is 4.79 Å². The average Bonchev–Trinajstić information content (AvgIpc) is 2.60. The van der Waals surface area contributed by atoms with Crippen LogP contribution in [0.3, 0.4) is 0 Å². The molecular formula is C23H28BrNO3. The monoisotopic (exact) mass is 445 g/mol. The van der Waals surface area contributed by atoms with Crippen molar-refractivity contribution in [2.45, 2.75) is 59.3 Å². The first-order chi connectivity index (χ1) is 13.2. The number of hydrogen-bond acceptors (Lipinski definition) is 4. The third-order valence-corrected chi connectivity index (χ3v) is 5.92. The van der Waals surface area contributed by atoms with Gasteiger partial charge in [0.15, 0.2) is 5.78 Å². The molecule has 1 atom stereocenters. The maximum atomic E-state index is 13.1. The maximum Gasteiger partial charge on any atom is 0.336 e. The van der Waals surface area contributed by atoms with Crippen molar-refractivity contribution in [1.82, 2.24) is 5.32 Å². The Morgan fingerprint density at radius 2 is 1.93 bits per heavy atom. The van der Waals surface area contributed by atoms with Crippen molar-refractivity contribution < 1.29 is 14.3 Å². The number of hydrogen-bond donors (Lipinski definition) is 1. The van der Waals surface area contributed by atoms with Crippen molar-refractivity contribution in [2.75, 3.05) is 6.61 Å². The van der Waals surface area contributed by atoms with Gasteiger partial charge in [0.25, 0.3) is 0 Å². The van der Waals surface area contributed by atoms with Crippen LogP contribution in [0.5, 0.6) is 0 Å². The number of allylic oxidation sites excluding steroid dienone is 3. The Morgan fingerprint density at radius 3 is 2.57 bits per heavy atom. The number of Topliss-reactive ketones (excluding diaryl/α,β-unsaturated/α-hetero) is 1. The number of ether oxygens (including phenoxy) is 1. The second-order valence-corrected chi connectivity index (χ2v) is 9.39. The van der Waals surface area contributed by atoms with Crippen LogP contribution in [0.25, 0.3) is 0 Å². The van der Waals surface area contributed by atoms with Crippen LogP contribution in [0.2, 0.25) is 0 Å². The molecule has 1 heterocycles. The van der Waals surface area contributed by atoms with E-state index in [0.29, 0.717) is 18.6 Å². The van der Waals surface area contributed by atoms with Crippen LogP contribution in [0, 0.1) is 5.41 Å². The molecule has 28 heavy (non-hydrogen) atoms. The molecule has 0 saturated heterocycles. The van der Waals surface area contributed by atoms with Crippen LogP contribution in [-0.2, 0) is 14.3 Å². The van der Waals surface area contributed by atoms with Crippen LogP contribution in [0.15, 0.2) is 51.3 Å². The van der Waals surface area contributed by atoms with Crippen molar-refractivity contribution in [3.8, 4) is 0 Å². The lowest BCUT2D eigenvalue weighted by Crippen LogP contribution is -2.38. The molecule has 150 valence electrons. The molecule has 5 heteroatoms. The Hall–Kier alpha value is -1.88. The van der Waals surface area contributed by atoms with Gasteiger partial charge >= 0.3 is 5.97 Å². The van der Waals surface area contributed by atoms with Gasteiger partial charge < -0.3 is 10.1 Å². The minimum Gasteiger partial charge on any atom is -0.462 e. The molecule has 0 amide bonds. The minimum absolute atomic E-state index is 0.0907. The number of ketones is 1. The Morgan fingerprint density at radius 1 is 1.25 bits per heavy atom. The number of benzene rings is 1. The topological polar surface area (TPSA) is 55.4 Å². The summed E-state index contributed by atoms with van der Waals surface area (Å²) in [6.07, 6.45) is 3.06. The van der Waals surface area contributed by atoms with Gasteiger partial charge in [-0.2, -0.15) is 0 Å². The van der Waals surface area contributed by atoms with Gasteiger partial charge in [-0.1, -0.05) is 55.3 Å². The number of carbonyl (C=O) groups is 2. The highest BCUT2D eigenvalue weighted by molar-refractivity contribution is 9.10. The number of dihydropyridines is 1. The average molecular weight is 446 g/mol. The molecule has 0 unspecified atom stereocenters. The number of carbonyl (C=O) groups excluding carboxylic acids is 2. The van der Waals surface area contributed by atoms with Gasteiger partial charge in [0, 0.05) is 33.8 Å². The highest BCUT2D eigenvalue weighted by Gasteiger charge is 2.43. The van der Waals surface area contributed by atoms with Gasteiger partial charge in [0.2, 0.25) is 0 Å². The Bertz CT molecular complexity index is 849. The van der Waals surface area contributed by atoms with Gasteiger partial charge in [-0.25, -0.2) is 4.79 Å². The molecule has 2 aliphatic rings. The van der Waals surface area contributed by atoms with Gasteiger partial charge in [0.05, 0.1) is 12.2 Å².